The highest BCUT2D eigenvalue weighted by Gasteiger charge is 2.21. The van der Waals surface area contributed by atoms with Crippen LogP contribution in [0, 0.1) is 0 Å². The predicted octanol–water partition coefficient (Wildman–Crippen LogP) is 2.39. The molecule has 0 aliphatic carbocycles. The molecule has 2 rings (SSSR count). The monoisotopic (exact) mass is 256 g/mol. The van der Waals surface area contributed by atoms with Crippen molar-refractivity contribution in [3.8, 4) is 0 Å². The van der Waals surface area contributed by atoms with Gasteiger partial charge in [0, 0.05) is 42.2 Å². The molecular formula is C12H17ClN2S. The van der Waals surface area contributed by atoms with E-state index in [4.69, 9.17) is 17.3 Å². The molecule has 0 bridgehead atoms. The Hall–Kier alpha value is -0.220. The molecule has 88 valence electrons. The average molecular weight is 257 g/mol. The Labute approximate surface area is 106 Å². The van der Waals surface area contributed by atoms with Crippen LogP contribution in [-0.2, 0) is 0 Å². The van der Waals surface area contributed by atoms with Gasteiger partial charge in [0.05, 0.1) is 0 Å². The molecule has 1 fully saturated rings. The van der Waals surface area contributed by atoms with E-state index < -0.39 is 0 Å². The minimum atomic E-state index is 0.319. The van der Waals surface area contributed by atoms with E-state index >= 15 is 0 Å². The van der Waals surface area contributed by atoms with E-state index in [2.05, 4.69) is 11.0 Å². The smallest absolute Gasteiger partial charge is 0.0471 e. The third-order valence-corrected chi connectivity index (χ3v) is 4.12. The van der Waals surface area contributed by atoms with Gasteiger partial charge in [-0.3, -0.25) is 4.90 Å². The molecule has 16 heavy (non-hydrogen) atoms. The Morgan fingerprint density at radius 3 is 2.75 bits per heavy atom. The normalized spacial score (nSPS) is 19.6. The van der Waals surface area contributed by atoms with Crippen LogP contribution in [0.3, 0.4) is 0 Å². The fourth-order valence-corrected chi connectivity index (χ4v) is 3.23. The van der Waals surface area contributed by atoms with Gasteiger partial charge in [-0.1, -0.05) is 23.7 Å². The fourth-order valence-electron chi connectivity index (χ4n) is 2.10. The standard InChI is InChI=1S/C12H17ClN2S/c13-11-3-1-2-10(8-11)12(9-14)15-4-6-16-7-5-15/h1-3,8,12H,4-7,9,14H2. The lowest BCUT2D eigenvalue weighted by molar-refractivity contribution is 0.223. The van der Waals surface area contributed by atoms with Crippen LogP contribution in [0.15, 0.2) is 24.3 Å². The van der Waals surface area contributed by atoms with Crippen LogP contribution < -0.4 is 5.73 Å². The number of benzene rings is 1. The van der Waals surface area contributed by atoms with Crippen molar-refractivity contribution < 1.29 is 0 Å². The molecule has 1 aliphatic rings. The van der Waals surface area contributed by atoms with Gasteiger partial charge < -0.3 is 5.73 Å². The lowest BCUT2D eigenvalue weighted by Crippen LogP contribution is -2.39. The molecule has 0 radical (unpaired) electrons. The van der Waals surface area contributed by atoms with Crippen molar-refractivity contribution in [2.75, 3.05) is 31.1 Å². The molecule has 0 spiro atoms. The highest BCUT2D eigenvalue weighted by atomic mass is 35.5. The van der Waals surface area contributed by atoms with Crippen LogP contribution in [0.1, 0.15) is 11.6 Å². The molecule has 1 saturated heterocycles. The maximum Gasteiger partial charge on any atom is 0.0471 e. The molecule has 2 nitrogen and oxygen atoms in total. The van der Waals surface area contributed by atoms with E-state index in [9.17, 15) is 0 Å². The summed E-state index contributed by atoms with van der Waals surface area (Å²) in [5, 5.41) is 0.794. The first-order valence-electron chi connectivity index (χ1n) is 5.58. The first kappa shape index (κ1) is 12.2. The molecule has 1 aromatic carbocycles. The number of nitrogens with zero attached hydrogens (tertiary/aromatic N) is 1. The van der Waals surface area contributed by atoms with Crippen molar-refractivity contribution in [2.45, 2.75) is 6.04 Å². The number of rotatable bonds is 3. The Morgan fingerprint density at radius 2 is 2.12 bits per heavy atom. The van der Waals surface area contributed by atoms with Crippen LogP contribution in [-0.4, -0.2) is 36.0 Å². The van der Waals surface area contributed by atoms with Gasteiger partial charge >= 0.3 is 0 Å². The number of nitrogens with two attached hydrogens (primary N) is 1. The van der Waals surface area contributed by atoms with E-state index in [1.54, 1.807) is 0 Å². The Balaban J connectivity index is 2.14. The van der Waals surface area contributed by atoms with Crippen LogP contribution in [0.4, 0.5) is 0 Å². The van der Waals surface area contributed by atoms with Gasteiger partial charge in [0.25, 0.3) is 0 Å². The van der Waals surface area contributed by atoms with Crippen molar-refractivity contribution >= 4 is 23.4 Å². The summed E-state index contributed by atoms with van der Waals surface area (Å²) >= 11 is 8.04. The average Bonchev–Trinajstić information content (AvgIpc) is 2.31. The zero-order valence-electron chi connectivity index (χ0n) is 9.23. The van der Waals surface area contributed by atoms with Gasteiger partial charge in [-0.2, -0.15) is 11.8 Å². The van der Waals surface area contributed by atoms with E-state index in [1.807, 2.05) is 30.0 Å². The summed E-state index contributed by atoms with van der Waals surface area (Å²) in [5.41, 5.74) is 7.13. The number of hydrogen-bond donors (Lipinski definition) is 1. The van der Waals surface area contributed by atoms with Crippen molar-refractivity contribution in [3.05, 3.63) is 34.9 Å². The van der Waals surface area contributed by atoms with Crippen LogP contribution >= 0.6 is 23.4 Å². The maximum absolute atomic E-state index is 6.02. The molecule has 0 saturated carbocycles. The highest BCUT2D eigenvalue weighted by Crippen LogP contribution is 2.25. The summed E-state index contributed by atoms with van der Waals surface area (Å²) in [5.74, 6) is 2.41. The van der Waals surface area contributed by atoms with Crippen LogP contribution in [0.5, 0.6) is 0 Å². The molecule has 1 atom stereocenters. The van der Waals surface area contributed by atoms with Crippen molar-refractivity contribution in [2.24, 2.45) is 5.73 Å². The van der Waals surface area contributed by atoms with E-state index in [0.29, 0.717) is 12.6 Å². The Kier molecular flexibility index (Phi) is 4.53. The molecular weight excluding hydrogens is 240 g/mol. The number of thioether (sulfide) groups is 1. The molecule has 1 unspecified atom stereocenters. The van der Waals surface area contributed by atoms with Crippen LogP contribution in [0.25, 0.3) is 0 Å². The van der Waals surface area contributed by atoms with Gasteiger partial charge in [-0.15, -0.1) is 0 Å². The Morgan fingerprint density at radius 1 is 1.38 bits per heavy atom. The molecule has 0 amide bonds. The topological polar surface area (TPSA) is 29.3 Å². The number of hydrogen-bond acceptors (Lipinski definition) is 3. The first-order chi connectivity index (χ1) is 7.81. The van der Waals surface area contributed by atoms with E-state index in [-0.39, 0.29) is 0 Å². The summed E-state index contributed by atoms with van der Waals surface area (Å²) in [7, 11) is 0. The molecule has 1 heterocycles. The van der Waals surface area contributed by atoms with Crippen LogP contribution in [0.2, 0.25) is 5.02 Å². The second kappa shape index (κ2) is 5.92. The van der Waals surface area contributed by atoms with Gasteiger partial charge in [-0.05, 0) is 17.7 Å². The van der Waals surface area contributed by atoms with Crippen molar-refractivity contribution in [1.82, 2.24) is 4.90 Å². The zero-order valence-corrected chi connectivity index (χ0v) is 10.8. The summed E-state index contributed by atoms with van der Waals surface area (Å²) < 4.78 is 0. The van der Waals surface area contributed by atoms with Gasteiger partial charge in [-0.25, -0.2) is 0 Å². The van der Waals surface area contributed by atoms with Gasteiger partial charge in [0.2, 0.25) is 0 Å². The van der Waals surface area contributed by atoms with E-state index in [0.717, 1.165) is 18.1 Å². The second-order valence-corrected chi connectivity index (χ2v) is 5.62. The fraction of sp³-hybridized carbons (Fsp3) is 0.500. The van der Waals surface area contributed by atoms with Gasteiger partial charge in [0.1, 0.15) is 0 Å². The molecule has 1 aliphatic heterocycles. The van der Waals surface area contributed by atoms with Crippen molar-refractivity contribution in [3.63, 3.8) is 0 Å². The first-order valence-corrected chi connectivity index (χ1v) is 7.12. The second-order valence-electron chi connectivity index (χ2n) is 3.95. The summed E-state index contributed by atoms with van der Waals surface area (Å²) in [6.45, 7) is 2.91. The SMILES string of the molecule is NCC(c1cccc(Cl)c1)N1CCSCC1. The summed E-state index contributed by atoms with van der Waals surface area (Å²) in [6.07, 6.45) is 0. The third-order valence-electron chi connectivity index (χ3n) is 2.94. The highest BCUT2D eigenvalue weighted by molar-refractivity contribution is 7.99. The molecule has 2 N–H and O–H groups in total. The predicted molar refractivity (Wildman–Crippen MR) is 72.1 cm³/mol. The quantitative estimate of drug-likeness (QED) is 0.901. The number of halogens is 1. The maximum atomic E-state index is 6.02. The minimum absolute atomic E-state index is 0.319. The van der Waals surface area contributed by atoms with Crippen molar-refractivity contribution in [1.29, 1.82) is 0 Å². The lowest BCUT2D eigenvalue weighted by atomic mass is 10.1. The zero-order chi connectivity index (χ0) is 11.4. The van der Waals surface area contributed by atoms with E-state index in [1.165, 1.54) is 17.1 Å². The minimum Gasteiger partial charge on any atom is -0.329 e. The molecule has 4 heteroatoms. The largest absolute Gasteiger partial charge is 0.329 e. The lowest BCUT2D eigenvalue weighted by Gasteiger charge is -2.34. The summed E-state index contributed by atoms with van der Waals surface area (Å²) in [4.78, 5) is 2.46. The summed E-state index contributed by atoms with van der Waals surface area (Å²) in [6, 6.07) is 8.37. The Bertz CT molecular complexity index is 340. The third kappa shape index (κ3) is 2.92. The van der Waals surface area contributed by atoms with Gasteiger partial charge in [0.15, 0.2) is 0 Å². The molecule has 0 aromatic heterocycles. The molecule has 1 aromatic rings.